The van der Waals surface area contributed by atoms with Crippen LogP contribution in [0.25, 0.3) is 0 Å². The van der Waals surface area contributed by atoms with E-state index in [1.54, 1.807) is 47.7 Å². The van der Waals surface area contributed by atoms with Crippen LogP contribution in [-0.4, -0.2) is 69.0 Å². The van der Waals surface area contributed by atoms with Crippen molar-refractivity contribution < 1.29 is 19.2 Å². The highest BCUT2D eigenvalue weighted by molar-refractivity contribution is 5.96. The highest BCUT2D eigenvalue weighted by Gasteiger charge is 2.34. The van der Waals surface area contributed by atoms with Crippen molar-refractivity contribution in [2.45, 2.75) is 77.5 Å². The van der Waals surface area contributed by atoms with Gasteiger partial charge in [0, 0.05) is 18.3 Å². The van der Waals surface area contributed by atoms with E-state index in [1.165, 1.54) is 13.3 Å². The molecule has 10 nitrogen and oxygen atoms in total. The fourth-order valence-electron chi connectivity index (χ4n) is 2.46. The van der Waals surface area contributed by atoms with E-state index in [1.807, 2.05) is 0 Å². The molecular formula is C21H36N6O4. The number of nitrogens with one attached hydrogen (secondary N) is 4. The molecule has 0 radical (unpaired) electrons. The van der Waals surface area contributed by atoms with E-state index < -0.39 is 28.6 Å². The summed E-state index contributed by atoms with van der Waals surface area (Å²) in [7, 11) is 0. The van der Waals surface area contributed by atoms with Crippen LogP contribution in [0.3, 0.4) is 0 Å². The molecule has 1 amide bonds. The molecule has 1 aromatic heterocycles. The predicted molar refractivity (Wildman–Crippen MR) is 117 cm³/mol. The van der Waals surface area contributed by atoms with Crippen LogP contribution in [0.4, 0.5) is 0 Å². The van der Waals surface area contributed by atoms with Gasteiger partial charge in [-0.25, -0.2) is 4.98 Å². The summed E-state index contributed by atoms with van der Waals surface area (Å²) in [6, 6.07) is -0.839. The van der Waals surface area contributed by atoms with Gasteiger partial charge in [0.25, 0.3) is 0 Å². The molecule has 10 heteroatoms. The molecule has 0 spiro atoms. The molecule has 0 saturated carbocycles. The third-order valence-electron chi connectivity index (χ3n) is 5.42. The van der Waals surface area contributed by atoms with Crippen molar-refractivity contribution in [1.82, 2.24) is 25.9 Å². The van der Waals surface area contributed by atoms with Gasteiger partial charge in [0.05, 0.1) is 42.1 Å². The van der Waals surface area contributed by atoms with Gasteiger partial charge in [-0.15, -0.1) is 0 Å². The number of nitrogens with two attached hydrogens (primary N) is 1. The minimum Gasteiger partial charge on any atom is -0.348 e. The average molecular weight is 437 g/mol. The highest BCUT2D eigenvalue weighted by atomic mass is 16.2. The van der Waals surface area contributed by atoms with Crippen LogP contribution in [-0.2, 0) is 25.6 Å². The van der Waals surface area contributed by atoms with Crippen molar-refractivity contribution in [3.63, 3.8) is 0 Å². The van der Waals surface area contributed by atoms with Gasteiger partial charge >= 0.3 is 0 Å². The van der Waals surface area contributed by atoms with Gasteiger partial charge in [-0.2, -0.15) is 0 Å². The first-order valence-electron chi connectivity index (χ1n) is 10.2. The van der Waals surface area contributed by atoms with E-state index in [9.17, 15) is 19.2 Å². The zero-order valence-corrected chi connectivity index (χ0v) is 19.5. The second-order valence-corrected chi connectivity index (χ2v) is 9.36. The third kappa shape index (κ3) is 7.97. The van der Waals surface area contributed by atoms with Gasteiger partial charge < -0.3 is 16.0 Å². The van der Waals surface area contributed by atoms with E-state index in [0.29, 0.717) is 0 Å². The minimum atomic E-state index is -1.18. The molecule has 174 valence electrons. The molecule has 0 saturated heterocycles. The number of nitrogens with zero attached hydrogens (tertiary/aromatic N) is 1. The van der Waals surface area contributed by atoms with E-state index in [4.69, 9.17) is 5.73 Å². The van der Waals surface area contributed by atoms with Crippen molar-refractivity contribution in [1.29, 1.82) is 0 Å². The second-order valence-electron chi connectivity index (χ2n) is 9.36. The zero-order chi connectivity index (χ0) is 24.0. The lowest BCUT2D eigenvalue weighted by molar-refractivity contribution is -0.132. The summed E-state index contributed by atoms with van der Waals surface area (Å²) >= 11 is 0. The summed E-state index contributed by atoms with van der Waals surface area (Å²) in [6.07, 6.45) is 3.34. The fourth-order valence-corrected chi connectivity index (χ4v) is 2.46. The zero-order valence-electron chi connectivity index (χ0n) is 19.5. The summed E-state index contributed by atoms with van der Waals surface area (Å²) < 4.78 is 0. The maximum Gasteiger partial charge on any atom is 0.238 e. The Balaban J connectivity index is 2.60. The first kappa shape index (κ1) is 26.6. The molecule has 0 fully saturated rings. The molecule has 1 heterocycles. The molecule has 1 atom stereocenters. The van der Waals surface area contributed by atoms with Crippen molar-refractivity contribution in [2.24, 2.45) is 5.73 Å². The number of carbonyl (C=O) groups is 4. The number of aromatic nitrogens is 2. The van der Waals surface area contributed by atoms with Crippen molar-refractivity contribution in [2.75, 3.05) is 13.1 Å². The first-order valence-corrected chi connectivity index (χ1v) is 10.2. The van der Waals surface area contributed by atoms with E-state index >= 15 is 0 Å². The average Bonchev–Trinajstić information content (AvgIpc) is 3.16. The van der Waals surface area contributed by atoms with Crippen molar-refractivity contribution in [3.8, 4) is 0 Å². The van der Waals surface area contributed by atoms with Crippen LogP contribution in [0.15, 0.2) is 12.5 Å². The SMILES string of the molecule is CC(=O)C(C)(C)NCC(=O)C(C)(C)NCC(=O)C(C)(C)NC(=O)[C@@H](N)Cc1cnc[nH]1. The number of H-pyrrole nitrogens is 1. The number of hydrogen-bond donors (Lipinski definition) is 5. The minimum absolute atomic E-state index is 0.0245. The van der Waals surface area contributed by atoms with Gasteiger partial charge in [0.2, 0.25) is 5.91 Å². The number of hydrogen-bond acceptors (Lipinski definition) is 8. The molecule has 0 bridgehead atoms. The number of imidazole rings is 1. The first-order chi connectivity index (χ1) is 14.1. The summed E-state index contributed by atoms with van der Waals surface area (Å²) in [4.78, 5) is 56.0. The molecule has 1 rings (SSSR count). The van der Waals surface area contributed by atoms with Gasteiger partial charge in [0.15, 0.2) is 11.6 Å². The van der Waals surface area contributed by atoms with E-state index in [2.05, 4.69) is 25.9 Å². The largest absolute Gasteiger partial charge is 0.348 e. The Morgan fingerprint density at radius 1 is 0.968 bits per heavy atom. The Hall–Kier alpha value is -2.43. The van der Waals surface area contributed by atoms with Gasteiger partial charge in [-0.1, -0.05) is 0 Å². The quantitative estimate of drug-likeness (QED) is 0.280. The number of aromatic amines is 1. The third-order valence-corrected chi connectivity index (χ3v) is 5.42. The molecule has 6 N–H and O–H groups in total. The van der Waals surface area contributed by atoms with Gasteiger partial charge in [-0.05, 0) is 48.5 Å². The Bertz CT molecular complexity index is 799. The Morgan fingerprint density at radius 2 is 1.48 bits per heavy atom. The van der Waals surface area contributed by atoms with Crippen LogP contribution in [0.2, 0.25) is 0 Å². The lowest BCUT2D eigenvalue weighted by atomic mass is 9.94. The number of carbonyl (C=O) groups excluding carboxylic acids is 4. The standard InChI is InChI=1S/C21H36N6O4/c1-13(28)19(2,3)25-10-16(29)20(4,5)26-11-17(30)21(6,7)27-18(31)15(22)8-14-9-23-12-24-14/h9,12,15,25-26H,8,10-11,22H2,1-7H3,(H,23,24)(H,27,31)/t15-/m0/s1. The molecular weight excluding hydrogens is 400 g/mol. The number of rotatable bonds is 13. The molecule has 0 aliphatic rings. The predicted octanol–water partition coefficient (Wildman–Crippen LogP) is -0.362. The summed E-state index contributed by atoms with van der Waals surface area (Å²) in [6.45, 7) is 11.2. The summed E-state index contributed by atoms with van der Waals surface area (Å²) in [5.74, 6) is -1.03. The van der Waals surface area contributed by atoms with Gasteiger partial charge in [0.1, 0.15) is 5.78 Å². The monoisotopic (exact) mass is 436 g/mol. The van der Waals surface area contributed by atoms with Crippen LogP contribution in [0.1, 0.15) is 54.2 Å². The van der Waals surface area contributed by atoms with Crippen LogP contribution < -0.4 is 21.7 Å². The second kappa shape index (κ2) is 10.3. The molecule has 1 aromatic rings. The number of Topliss-reactive ketones (excluding diaryl/α,β-unsaturated/α-hetero) is 3. The Morgan fingerprint density at radius 3 is 1.97 bits per heavy atom. The van der Waals surface area contributed by atoms with Crippen LogP contribution in [0, 0.1) is 0 Å². The highest BCUT2D eigenvalue weighted by Crippen LogP contribution is 2.10. The topological polar surface area (TPSA) is 159 Å². The van der Waals surface area contributed by atoms with E-state index in [-0.39, 0.29) is 36.9 Å². The van der Waals surface area contributed by atoms with E-state index in [0.717, 1.165) is 5.69 Å². The Labute approximate surface area is 183 Å². The smallest absolute Gasteiger partial charge is 0.238 e. The Kier molecular flexibility index (Phi) is 8.80. The lowest BCUT2D eigenvalue weighted by Crippen LogP contribution is -2.60. The van der Waals surface area contributed by atoms with Crippen LogP contribution in [0.5, 0.6) is 0 Å². The number of amides is 1. The number of ketones is 3. The lowest BCUT2D eigenvalue weighted by Gasteiger charge is -2.31. The fraction of sp³-hybridized carbons (Fsp3) is 0.667. The molecule has 0 aliphatic carbocycles. The van der Waals surface area contributed by atoms with Crippen molar-refractivity contribution >= 4 is 23.3 Å². The van der Waals surface area contributed by atoms with Gasteiger partial charge in [-0.3, -0.25) is 29.8 Å². The molecule has 0 unspecified atom stereocenters. The normalized spacial score (nSPS) is 13.5. The maximum atomic E-state index is 12.7. The van der Waals surface area contributed by atoms with Crippen LogP contribution >= 0.6 is 0 Å². The molecule has 0 aromatic carbocycles. The van der Waals surface area contributed by atoms with Crippen molar-refractivity contribution in [3.05, 3.63) is 18.2 Å². The molecule has 0 aliphatic heterocycles. The summed E-state index contributed by atoms with van der Waals surface area (Å²) in [5, 5.41) is 8.55. The maximum absolute atomic E-state index is 12.7. The molecule has 31 heavy (non-hydrogen) atoms. The summed E-state index contributed by atoms with van der Waals surface area (Å²) in [5.41, 5.74) is 3.64.